The normalized spacial score (nSPS) is 12.3. The summed E-state index contributed by atoms with van der Waals surface area (Å²) in [6.45, 7) is 5.11. The molecular weight excluding hydrogens is 269 g/mol. The Hall–Kier alpha value is -1.32. The molecule has 1 N–H and O–H groups in total. The number of benzene rings is 2. The van der Waals surface area contributed by atoms with Crippen LogP contribution in [0.3, 0.4) is 0 Å². The van der Waals surface area contributed by atoms with Gasteiger partial charge < -0.3 is 5.32 Å². The predicted molar refractivity (Wildman–Crippen MR) is 84.7 cm³/mol. The van der Waals surface area contributed by atoms with Crippen molar-refractivity contribution in [2.75, 3.05) is 12.3 Å². The molecular formula is C17H20FNS. The molecule has 0 bridgehead atoms. The molecule has 0 aromatic heterocycles. The van der Waals surface area contributed by atoms with Crippen LogP contribution in [0.1, 0.15) is 24.1 Å². The van der Waals surface area contributed by atoms with Crippen LogP contribution in [0.15, 0.2) is 53.4 Å². The van der Waals surface area contributed by atoms with Crippen LogP contribution in [0.5, 0.6) is 0 Å². The number of hydrogen-bond donors (Lipinski definition) is 1. The lowest BCUT2D eigenvalue weighted by atomic mass is 10.1. The van der Waals surface area contributed by atoms with Gasteiger partial charge in [-0.1, -0.05) is 42.8 Å². The van der Waals surface area contributed by atoms with Crippen LogP contribution in [0, 0.1) is 12.7 Å². The lowest BCUT2D eigenvalue weighted by molar-refractivity contribution is 0.605. The highest BCUT2D eigenvalue weighted by atomic mass is 32.2. The second-order valence-electron chi connectivity index (χ2n) is 4.79. The summed E-state index contributed by atoms with van der Waals surface area (Å²) in [5.41, 5.74) is 2.54. The second-order valence-corrected chi connectivity index (χ2v) is 5.88. The van der Waals surface area contributed by atoms with E-state index in [9.17, 15) is 4.39 Å². The van der Waals surface area contributed by atoms with Gasteiger partial charge in [0.05, 0.1) is 0 Å². The van der Waals surface area contributed by atoms with E-state index in [1.54, 1.807) is 23.9 Å². The molecule has 0 radical (unpaired) electrons. The fourth-order valence-corrected chi connectivity index (χ4v) is 3.09. The molecule has 1 atom stereocenters. The molecule has 2 aromatic carbocycles. The maximum Gasteiger partial charge on any atom is 0.124 e. The highest BCUT2D eigenvalue weighted by molar-refractivity contribution is 7.99. The summed E-state index contributed by atoms with van der Waals surface area (Å²) in [5.74, 6) is 0.714. The Morgan fingerprint density at radius 1 is 1.15 bits per heavy atom. The Kier molecular flexibility index (Phi) is 5.62. The van der Waals surface area contributed by atoms with Crippen LogP contribution in [-0.4, -0.2) is 12.3 Å². The summed E-state index contributed by atoms with van der Waals surface area (Å²) >= 11 is 1.68. The van der Waals surface area contributed by atoms with Crippen LogP contribution in [0.4, 0.5) is 4.39 Å². The van der Waals surface area contributed by atoms with Crippen LogP contribution in [0.2, 0.25) is 0 Å². The molecule has 0 aliphatic carbocycles. The fourth-order valence-electron chi connectivity index (χ4n) is 2.05. The number of aryl methyl sites for hydroxylation is 1. The molecule has 0 heterocycles. The number of rotatable bonds is 6. The molecule has 0 aliphatic heterocycles. The van der Waals surface area contributed by atoms with Gasteiger partial charge in [0.1, 0.15) is 5.82 Å². The SMILES string of the molecule is CCNC(CSc1cccc(F)c1)c1ccc(C)cc1. The van der Waals surface area contributed by atoms with Gasteiger partial charge in [0.25, 0.3) is 0 Å². The van der Waals surface area contributed by atoms with Crippen LogP contribution in [0.25, 0.3) is 0 Å². The smallest absolute Gasteiger partial charge is 0.124 e. The van der Waals surface area contributed by atoms with E-state index in [1.807, 2.05) is 6.07 Å². The maximum absolute atomic E-state index is 13.2. The van der Waals surface area contributed by atoms with E-state index in [-0.39, 0.29) is 11.9 Å². The number of nitrogens with one attached hydrogen (secondary N) is 1. The molecule has 2 rings (SSSR count). The summed E-state index contributed by atoms with van der Waals surface area (Å²) in [4.78, 5) is 0.972. The average molecular weight is 289 g/mol. The molecule has 3 heteroatoms. The monoisotopic (exact) mass is 289 g/mol. The van der Waals surface area contributed by atoms with Gasteiger partial charge in [0.2, 0.25) is 0 Å². The minimum absolute atomic E-state index is 0.176. The van der Waals surface area contributed by atoms with E-state index >= 15 is 0 Å². The van der Waals surface area contributed by atoms with Crippen molar-refractivity contribution in [3.8, 4) is 0 Å². The third-order valence-corrected chi connectivity index (χ3v) is 4.23. The summed E-state index contributed by atoms with van der Waals surface area (Å²) in [7, 11) is 0. The van der Waals surface area contributed by atoms with Crippen LogP contribution in [-0.2, 0) is 0 Å². The molecule has 0 saturated heterocycles. The molecule has 20 heavy (non-hydrogen) atoms. The van der Waals surface area contributed by atoms with E-state index in [0.29, 0.717) is 0 Å². The van der Waals surface area contributed by atoms with Gasteiger partial charge in [0, 0.05) is 16.7 Å². The van der Waals surface area contributed by atoms with Gasteiger partial charge in [-0.2, -0.15) is 0 Å². The van der Waals surface area contributed by atoms with Crippen molar-refractivity contribution in [3.63, 3.8) is 0 Å². The largest absolute Gasteiger partial charge is 0.309 e. The molecule has 1 nitrogen and oxygen atoms in total. The number of halogens is 1. The molecule has 0 fully saturated rings. The Labute approximate surface area is 124 Å². The van der Waals surface area contributed by atoms with Gasteiger partial charge in [0.15, 0.2) is 0 Å². The highest BCUT2D eigenvalue weighted by Crippen LogP contribution is 2.25. The van der Waals surface area contributed by atoms with Gasteiger partial charge in [-0.15, -0.1) is 11.8 Å². The topological polar surface area (TPSA) is 12.0 Å². The van der Waals surface area contributed by atoms with Crippen LogP contribution < -0.4 is 5.32 Å². The van der Waals surface area contributed by atoms with Crippen LogP contribution >= 0.6 is 11.8 Å². The first-order chi connectivity index (χ1) is 9.69. The quantitative estimate of drug-likeness (QED) is 0.781. The fraction of sp³-hybridized carbons (Fsp3) is 0.294. The first-order valence-corrected chi connectivity index (χ1v) is 7.86. The molecule has 0 spiro atoms. The zero-order valence-corrected chi connectivity index (χ0v) is 12.7. The second kappa shape index (κ2) is 7.46. The lowest BCUT2D eigenvalue weighted by Gasteiger charge is -2.18. The first-order valence-electron chi connectivity index (χ1n) is 6.87. The Morgan fingerprint density at radius 2 is 1.90 bits per heavy atom. The Bertz CT molecular complexity index is 539. The molecule has 2 aromatic rings. The Balaban J connectivity index is 2.04. The van der Waals surface area contributed by atoms with Gasteiger partial charge in [-0.25, -0.2) is 4.39 Å². The van der Waals surface area contributed by atoms with Crippen molar-refractivity contribution in [1.82, 2.24) is 5.32 Å². The minimum atomic E-state index is -0.176. The molecule has 1 unspecified atom stereocenters. The van der Waals surface area contributed by atoms with Crippen molar-refractivity contribution in [1.29, 1.82) is 0 Å². The number of thioether (sulfide) groups is 1. The van der Waals surface area contributed by atoms with E-state index in [2.05, 4.69) is 43.4 Å². The van der Waals surface area contributed by atoms with Gasteiger partial charge >= 0.3 is 0 Å². The molecule has 0 amide bonds. The molecule has 0 aliphatic rings. The van der Waals surface area contributed by atoms with Crippen molar-refractivity contribution in [3.05, 3.63) is 65.5 Å². The zero-order valence-electron chi connectivity index (χ0n) is 11.9. The Morgan fingerprint density at radius 3 is 2.55 bits per heavy atom. The van der Waals surface area contributed by atoms with Crippen molar-refractivity contribution < 1.29 is 4.39 Å². The van der Waals surface area contributed by atoms with Crippen molar-refractivity contribution >= 4 is 11.8 Å². The lowest BCUT2D eigenvalue weighted by Crippen LogP contribution is -2.22. The van der Waals surface area contributed by atoms with Crippen molar-refractivity contribution in [2.45, 2.75) is 24.8 Å². The predicted octanol–water partition coefficient (Wildman–Crippen LogP) is 4.58. The van der Waals surface area contributed by atoms with E-state index in [0.717, 1.165) is 17.2 Å². The third kappa shape index (κ3) is 4.36. The van der Waals surface area contributed by atoms with Crippen molar-refractivity contribution in [2.24, 2.45) is 0 Å². The molecule has 0 saturated carbocycles. The molecule has 106 valence electrons. The average Bonchev–Trinajstić information content (AvgIpc) is 2.44. The summed E-state index contributed by atoms with van der Waals surface area (Å²) in [6.07, 6.45) is 0. The minimum Gasteiger partial charge on any atom is -0.309 e. The highest BCUT2D eigenvalue weighted by Gasteiger charge is 2.10. The standard InChI is InChI=1S/C17H20FNS/c1-3-19-17(14-9-7-13(2)8-10-14)12-20-16-6-4-5-15(18)11-16/h4-11,17,19H,3,12H2,1-2H3. The van der Waals surface area contributed by atoms with E-state index in [1.165, 1.54) is 17.2 Å². The zero-order chi connectivity index (χ0) is 14.4. The van der Waals surface area contributed by atoms with E-state index in [4.69, 9.17) is 0 Å². The summed E-state index contributed by atoms with van der Waals surface area (Å²) in [6, 6.07) is 15.6. The van der Waals surface area contributed by atoms with Gasteiger partial charge in [-0.05, 0) is 37.2 Å². The maximum atomic E-state index is 13.2. The third-order valence-electron chi connectivity index (χ3n) is 3.14. The van der Waals surface area contributed by atoms with Gasteiger partial charge in [-0.3, -0.25) is 0 Å². The summed E-state index contributed by atoms with van der Waals surface area (Å²) < 4.78 is 13.2. The number of hydrogen-bond acceptors (Lipinski definition) is 2. The van der Waals surface area contributed by atoms with E-state index < -0.39 is 0 Å². The summed E-state index contributed by atoms with van der Waals surface area (Å²) in [5, 5.41) is 3.49. The first kappa shape index (κ1) is 15.1.